The van der Waals surface area contributed by atoms with Gasteiger partial charge in [0.2, 0.25) is 5.91 Å². The summed E-state index contributed by atoms with van der Waals surface area (Å²) in [7, 11) is -1.98. The Morgan fingerprint density at radius 3 is 2.21 bits per heavy atom. The van der Waals surface area contributed by atoms with Crippen LogP contribution in [-0.4, -0.2) is 27.2 Å². The number of carbonyl (C=O) groups is 1. The summed E-state index contributed by atoms with van der Waals surface area (Å²) < 4.78 is 29.5. The van der Waals surface area contributed by atoms with E-state index in [0.717, 1.165) is 6.42 Å². The number of hydrogen-bond donors (Lipinski definition) is 1. The summed E-state index contributed by atoms with van der Waals surface area (Å²) >= 11 is 0. The lowest BCUT2D eigenvalue weighted by Gasteiger charge is -2.07. The van der Waals surface area contributed by atoms with Gasteiger partial charge < -0.3 is 10.1 Å². The molecule has 0 atom stereocenters. The molecule has 0 aliphatic rings. The molecule has 0 spiro atoms. The van der Waals surface area contributed by atoms with Crippen LogP contribution in [-0.2, 0) is 21.1 Å². The zero-order valence-corrected chi connectivity index (χ0v) is 14.6. The maximum atomic E-state index is 12.3. The molecule has 0 aliphatic heterocycles. The first-order valence-electron chi connectivity index (χ1n) is 7.70. The van der Waals surface area contributed by atoms with Gasteiger partial charge in [-0.3, -0.25) is 4.79 Å². The Bertz CT molecular complexity index is 781. The van der Waals surface area contributed by atoms with Gasteiger partial charge in [0.05, 0.1) is 17.8 Å². The molecule has 0 radical (unpaired) electrons. The van der Waals surface area contributed by atoms with Crippen molar-refractivity contribution in [3.8, 4) is 5.75 Å². The lowest BCUT2D eigenvalue weighted by molar-refractivity contribution is -0.115. The van der Waals surface area contributed by atoms with Crippen molar-refractivity contribution >= 4 is 21.4 Å². The summed E-state index contributed by atoms with van der Waals surface area (Å²) in [6.07, 6.45) is 0.832. The molecule has 1 N–H and O–H groups in total. The fourth-order valence-corrected chi connectivity index (χ4v) is 3.42. The molecular weight excluding hydrogens is 326 g/mol. The standard InChI is InChI=1S/C18H21NO4S/c1-3-14-4-6-15(7-5-14)19-18(20)12-13-24(21,22)17-10-8-16(23-2)9-11-17/h4-11H,3,12-13H2,1-2H3,(H,19,20). The normalized spacial score (nSPS) is 11.1. The van der Waals surface area contributed by atoms with Crippen LogP contribution in [0.5, 0.6) is 5.75 Å². The first kappa shape index (κ1) is 18.0. The van der Waals surface area contributed by atoms with E-state index in [9.17, 15) is 13.2 Å². The van der Waals surface area contributed by atoms with Crippen LogP contribution in [0.1, 0.15) is 18.9 Å². The third-order valence-corrected chi connectivity index (χ3v) is 5.39. The Morgan fingerprint density at radius 2 is 1.67 bits per heavy atom. The van der Waals surface area contributed by atoms with Crippen LogP contribution < -0.4 is 10.1 Å². The van der Waals surface area contributed by atoms with Crippen molar-refractivity contribution in [3.05, 3.63) is 54.1 Å². The minimum atomic E-state index is -3.50. The molecule has 0 aliphatic carbocycles. The van der Waals surface area contributed by atoms with Gasteiger partial charge in [0.25, 0.3) is 0 Å². The van der Waals surface area contributed by atoms with Gasteiger partial charge in [0.15, 0.2) is 9.84 Å². The van der Waals surface area contributed by atoms with Crippen molar-refractivity contribution in [2.75, 3.05) is 18.2 Å². The van der Waals surface area contributed by atoms with Gasteiger partial charge in [-0.25, -0.2) is 8.42 Å². The van der Waals surface area contributed by atoms with Gasteiger partial charge in [-0.05, 0) is 48.4 Å². The first-order valence-corrected chi connectivity index (χ1v) is 9.35. The van der Waals surface area contributed by atoms with E-state index in [4.69, 9.17) is 4.74 Å². The monoisotopic (exact) mass is 347 g/mol. The number of benzene rings is 2. The minimum Gasteiger partial charge on any atom is -0.497 e. The molecule has 0 unspecified atom stereocenters. The average Bonchev–Trinajstić information content (AvgIpc) is 2.61. The summed E-state index contributed by atoms with van der Waals surface area (Å²) in [4.78, 5) is 12.1. The van der Waals surface area contributed by atoms with E-state index < -0.39 is 9.84 Å². The quantitative estimate of drug-likeness (QED) is 0.835. The summed E-state index contributed by atoms with van der Waals surface area (Å²) in [6, 6.07) is 13.6. The van der Waals surface area contributed by atoms with Gasteiger partial charge in [-0.15, -0.1) is 0 Å². The molecule has 1 amide bonds. The number of aryl methyl sites for hydroxylation is 1. The molecule has 128 valence electrons. The molecule has 0 saturated heterocycles. The van der Waals surface area contributed by atoms with Crippen LogP contribution in [0.4, 0.5) is 5.69 Å². The maximum Gasteiger partial charge on any atom is 0.225 e. The molecule has 0 saturated carbocycles. The summed E-state index contributed by atoms with van der Waals surface area (Å²) in [5.41, 5.74) is 1.84. The van der Waals surface area contributed by atoms with Crippen LogP contribution in [0, 0.1) is 0 Å². The van der Waals surface area contributed by atoms with Crippen molar-refractivity contribution in [2.24, 2.45) is 0 Å². The second-order valence-electron chi connectivity index (χ2n) is 5.34. The summed E-state index contributed by atoms with van der Waals surface area (Å²) in [5, 5.41) is 2.71. The van der Waals surface area contributed by atoms with Crippen molar-refractivity contribution < 1.29 is 17.9 Å². The van der Waals surface area contributed by atoms with E-state index in [2.05, 4.69) is 12.2 Å². The van der Waals surface area contributed by atoms with Gasteiger partial charge in [-0.2, -0.15) is 0 Å². The molecule has 2 aromatic rings. The topological polar surface area (TPSA) is 72.5 Å². The van der Waals surface area contributed by atoms with Gasteiger partial charge >= 0.3 is 0 Å². The third kappa shape index (κ3) is 4.83. The maximum absolute atomic E-state index is 12.3. The number of carbonyl (C=O) groups excluding carboxylic acids is 1. The van der Waals surface area contributed by atoms with E-state index in [-0.39, 0.29) is 23.0 Å². The molecular formula is C18H21NO4S. The van der Waals surface area contributed by atoms with Crippen LogP contribution in [0.2, 0.25) is 0 Å². The second-order valence-corrected chi connectivity index (χ2v) is 7.45. The largest absolute Gasteiger partial charge is 0.497 e. The Kier molecular flexibility index (Phi) is 5.98. The Balaban J connectivity index is 1.93. The number of methoxy groups -OCH3 is 1. The van der Waals surface area contributed by atoms with E-state index in [1.54, 1.807) is 12.1 Å². The van der Waals surface area contributed by atoms with Crippen molar-refractivity contribution in [2.45, 2.75) is 24.7 Å². The average molecular weight is 347 g/mol. The number of nitrogens with one attached hydrogen (secondary N) is 1. The highest BCUT2D eigenvalue weighted by Crippen LogP contribution is 2.17. The predicted molar refractivity (Wildman–Crippen MR) is 94.1 cm³/mol. The second kappa shape index (κ2) is 7.97. The highest BCUT2D eigenvalue weighted by Gasteiger charge is 2.16. The Hall–Kier alpha value is -2.34. The lowest BCUT2D eigenvalue weighted by atomic mass is 10.1. The number of hydrogen-bond acceptors (Lipinski definition) is 4. The molecule has 0 fully saturated rings. The molecule has 6 heteroatoms. The number of amides is 1. The van der Waals surface area contributed by atoms with Crippen LogP contribution in [0.25, 0.3) is 0 Å². The van der Waals surface area contributed by atoms with E-state index in [1.165, 1.54) is 24.8 Å². The number of rotatable bonds is 7. The highest BCUT2D eigenvalue weighted by molar-refractivity contribution is 7.91. The van der Waals surface area contributed by atoms with Crippen LogP contribution >= 0.6 is 0 Å². The Morgan fingerprint density at radius 1 is 1.04 bits per heavy atom. The molecule has 2 aromatic carbocycles. The number of anilines is 1. The molecule has 2 rings (SSSR count). The molecule has 5 nitrogen and oxygen atoms in total. The van der Waals surface area contributed by atoms with E-state index >= 15 is 0 Å². The van der Waals surface area contributed by atoms with E-state index in [1.807, 2.05) is 24.3 Å². The van der Waals surface area contributed by atoms with Crippen molar-refractivity contribution in [1.82, 2.24) is 0 Å². The predicted octanol–water partition coefficient (Wildman–Crippen LogP) is 3.06. The van der Waals surface area contributed by atoms with Gasteiger partial charge in [0, 0.05) is 12.1 Å². The van der Waals surface area contributed by atoms with Crippen LogP contribution in [0.3, 0.4) is 0 Å². The highest BCUT2D eigenvalue weighted by atomic mass is 32.2. The van der Waals surface area contributed by atoms with E-state index in [0.29, 0.717) is 11.4 Å². The zero-order chi connectivity index (χ0) is 17.6. The lowest BCUT2D eigenvalue weighted by Crippen LogP contribution is -2.17. The van der Waals surface area contributed by atoms with Gasteiger partial charge in [0.1, 0.15) is 5.75 Å². The number of ether oxygens (including phenoxy) is 1. The minimum absolute atomic E-state index is 0.0934. The van der Waals surface area contributed by atoms with Gasteiger partial charge in [-0.1, -0.05) is 19.1 Å². The Labute approximate surface area is 142 Å². The molecule has 0 heterocycles. The first-order chi connectivity index (χ1) is 11.4. The SMILES string of the molecule is CCc1ccc(NC(=O)CCS(=O)(=O)c2ccc(OC)cc2)cc1. The zero-order valence-electron chi connectivity index (χ0n) is 13.8. The van der Waals surface area contributed by atoms with Crippen molar-refractivity contribution in [3.63, 3.8) is 0 Å². The van der Waals surface area contributed by atoms with Crippen molar-refractivity contribution in [1.29, 1.82) is 0 Å². The summed E-state index contributed by atoms with van der Waals surface area (Å²) in [5.74, 6) is 0.0247. The molecule has 0 aromatic heterocycles. The molecule has 24 heavy (non-hydrogen) atoms. The molecule has 0 bridgehead atoms. The summed E-state index contributed by atoms with van der Waals surface area (Å²) in [6.45, 7) is 2.05. The van der Waals surface area contributed by atoms with Crippen LogP contribution in [0.15, 0.2) is 53.4 Å². The fraction of sp³-hybridized carbons (Fsp3) is 0.278. The smallest absolute Gasteiger partial charge is 0.225 e. The number of sulfone groups is 1. The third-order valence-electron chi connectivity index (χ3n) is 3.66. The fourth-order valence-electron chi connectivity index (χ4n) is 2.18.